The molecule has 0 radical (unpaired) electrons. The number of aliphatic hydroxyl groups is 1. The molecule has 0 bridgehead atoms. The summed E-state index contributed by atoms with van der Waals surface area (Å²) in [7, 11) is 0. The van der Waals surface area contributed by atoms with Gasteiger partial charge >= 0.3 is 5.97 Å². The SMILES string of the molecule is CC(N)C(=O)NC(CC(N)=O)C(=O)NC(CO)C(=O)NC(CCCN=C(N)N)C(=O)O. The van der Waals surface area contributed by atoms with Crippen molar-refractivity contribution in [3.05, 3.63) is 0 Å². The van der Waals surface area contributed by atoms with Crippen LogP contribution in [0.15, 0.2) is 4.99 Å². The van der Waals surface area contributed by atoms with E-state index in [1.165, 1.54) is 6.92 Å². The highest BCUT2D eigenvalue weighted by Gasteiger charge is 2.30. The Bertz CT molecular complexity index is 693. The Morgan fingerprint density at radius 1 is 0.903 bits per heavy atom. The predicted octanol–water partition coefficient (Wildman–Crippen LogP) is -5.21. The second kappa shape index (κ2) is 13.7. The van der Waals surface area contributed by atoms with E-state index in [4.69, 9.17) is 22.9 Å². The van der Waals surface area contributed by atoms with Crippen LogP contribution in [0.2, 0.25) is 0 Å². The Balaban J connectivity index is 5.11. The van der Waals surface area contributed by atoms with Gasteiger partial charge in [-0.3, -0.25) is 24.2 Å². The predicted molar refractivity (Wildman–Crippen MR) is 108 cm³/mol. The van der Waals surface area contributed by atoms with Crippen LogP contribution < -0.4 is 38.9 Å². The zero-order valence-electron chi connectivity index (χ0n) is 17.0. The summed E-state index contributed by atoms with van der Waals surface area (Å²) in [6.07, 6.45) is -0.388. The van der Waals surface area contributed by atoms with Crippen LogP contribution >= 0.6 is 0 Å². The zero-order valence-corrected chi connectivity index (χ0v) is 17.0. The highest BCUT2D eigenvalue weighted by molar-refractivity contribution is 5.96. The molecule has 0 aromatic carbocycles. The average Bonchev–Trinajstić information content (AvgIpc) is 2.66. The molecule has 0 aliphatic rings. The number of hydrogen-bond donors (Lipinski definition) is 9. The Morgan fingerprint density at radius 3 is 1.87 bits per heavy atom. The molecule has 0 spiro atoms. The maximum Gasteiger partial charge on any atom is 0.326 e. The van der Waals surface area contributed by atoms with Crippen LogP contribution in [0.3, 0.4) is 0 Å². The molecule has 0 fully saturated rings. The number of amides is 4. The molecule has 0 saturated carbocycles. The van der Waals surface area contributed by atoms with Crippen LogP contribution in [0.5, 0.6) is 0 Å². The van der Waals surface area contributed by atoms with Gasteiger partial charge in [-0.15, -0.1) is 0 Å². The number of rotatable bonds is 14. The summed E-state index contributed by atoms with van der Waals surface area (Å²) in [6, 6.07) is -5.34. The van der Waals surface area contributed by atoms with E-state index in [0.29, 0.717) is 0 Å². The molecule has 4 unspecified atom stereocenters. The lowest BCUT2D eigenvalue weighted by Gasteiger charge is -2.23. The Kier molecular flexibility index (Phi) is 12.2. The number of carbonyl (C=O) groups is 5. The fourth-order valence-electron chi connectivity index (χ4n) is 2.21. The van der Waals surface area contributed by atoms with Gasteiger partial charge in [0.15, 0.2) is 5.96 Å². The maximum absolute atomic E-state index is 12.4. The van der Waals surface area contributed by atoms with Crippen molar-refractivity contribution < 1.29 is 34.2 Å². The molecular weight excluding hydrogens is 416 g/mol. The van der Waals surface area contributed by atoms with Gasteiger partial charge in [-0.25, -0.2) is 4.79 Å². The van der Waals surface area contributed by atoms with Crippen molar-refractivity contribution in [1.82, 2.24) is 16.0 Å². The van der Waals surface area contributed by atoms with Crippen molar-refractivity contribution in [3.63, 3.8) is 0 Å². The van der Waals surface area contributed by atoms with Gasteiger partial charge in [0, 0.05) is 6.54 Å². The van der Waals surface area contributed by atoms with E-state index in [9.17, 15) is 34.2 Å². The van der Waals surface area contributed by atoms with Gasteiger partial charge < -0.3 is 49.1 Å². The molecule has 15 heteroatoms. The quantitative estimate of drug-likeness (QED) is 0.0694. The molecule has 15 nitrogen and oxygen atoms in total. The summed E-state index contributed by atoms with van der Waals surface area (Å²) in [5.41, 5.74) is 20.8. The van der Waals surface area contributed by atoms with Gasteiger partial charge in [0.25, 0.3) is 0 Å². The Labute approximate surface area is 178 Å². The highest BCUT2D eigenvalue weighted by atomic mass is 16.4. The van der Waals surface area contributed by atoms with Gasteiger partial charge in [-0.1, -0.05) is 0 Å². The number of guanidine groups is 1. The number of aliphatic carboxylic acids is 1. The third-order valence-corrected chi connectivity index (χ3v) is 3.83. The Hall–Kier alpha value is -3.46. The van der Waals surface area contributed by atoms with Crippen LogP contribution in [0.25, 0.3) is 0 Å². The average molecular weight is 446 g/mol. The molecule has 0 saturated heterocycles. The summed E-state index contributed by atoms with van der Waals surface area (Å²) < 4.78 is 0. The topological polar surface area (TPSA) is 278 Å². The van der Waals surface area contributed by atoms with Gasteiger partial charge in [0.05, 0.1) is 19.1 Å². The number of aliphatic imine (C=N–C) groups is 1. The van der Waals surface area contributed by atoms with Crippen molar-refractivity contribution in [1.29, 1.82) is 0 Å². The highest BCUT2D eigenvalue weighted by Crippen LogP contribution is 2.01. The van der Waals surface area contributed by atoms with Crippen molar-refractivity contribution in [2.24, 2.45) is 27.9 Å². The van der Waals surface area contributed by atoms with Crippen LogP contribution in [0, 0.1) is 0 Å². The molecule has 0 aliphatic carbocycles. The summed E-state index contributed by atoms with van der Waals surface area (Å²) in [5, 5.41) is 25.2. The van der Waals surface area contributed by atoms with Crippen molar-refractivity contribution in [2.45, 2.75) is 50.4 Å². The minimum Gasteiger partial charge on any atom is -0.480 e. The first-order chi connectivity index (χ1) is 14.4. The summed E-state index contributed by atoms with van der Waals surface area (Å²) >= 11 is 0. The lowest BCUT2D eigenvalue weighted by molar-refractivity contribution is -0.143. The summed E-state index contributed by atoms with van der Waals surface area (Å²) in [6.45, 7) is 0.594. The first kappa shape index (κ1) is 27.5. The summed E-state index contributed by atoms with van der Waals surface area (Å²) in [4.78, 5) is 62.7. The van der Waals surface area contributed by atoms with E-state index in [0.717, 1.165) is 0 Å². The van der Waals surface area contributed by atoms with Crippen molar-refractivity contribution in [3.8, 4) is 0 Å². The number of primary amides is 1. The van der Waals surface area contributed by atoms with E-state index < -0.39 is 66.8 Å². The Morgan fingerprint density at radius 2 is 1.42 bits per heavy atom. The van der Waals surface area contributed by atoms with Gasteiger partial charge in [0.1, 0.15) is 18.1 Å². The molecule has 0 heterocycles. The molecular formula is C16H30N8O7. The second-order valence-corrected chi connectivity index (χ2v) is 6.61. The molecule has 0 aromatic rings. The minimum atomic E-state index is -1.56. The zero-order chi connectivity index (χ0) is 24.1. The van der Waals surface area contributed by atoms with E-state index in [2.05, 4.69) is 20.9 Å². The summed E-state index contributed by atoms with van der Waals surface area (Å²) in [5.74, 6) is -5.18. The molecule has 176 valence electrons. The lowest BCUT2D eigenvalue weighted by Crippen LogP contribution is -2.58. The fourth-order valence-corrected chi connectivity index (χ4v) is 2.21. The second-order valence-electron chi connectivity index (χ2n) is 6.61. The van der Waals surface area contributed by atoms with Crippen LogP contribution in [0.1, 0.15) is 26.2 Å². The molecule has 13 N–H and O–H groups in total. The molecule has 0 rings (SSSR count). The van der Waals surface area contributed by atoms with E-state index in [1.807, 2.05) is 0 Å². The number of nitrogens with one attached hydrogen (secondary N) is 3. The first-order valence-corrected chi connectivity index (χ1v) is 9.23. The molecule has 0 aromatic heterocycles. The van der Waals surface area contributed by atoms with Crippen LogP contribution in [-0.4, -0.2) is 83.1 Å². The van der Waals surface area contributed by atoms with E-state index in [-0.39, 0.29) is 25.3 Å². The smallest absolute Gasteiger partial charge is 0.326 e. The van der Waals surface area contributed by atoms with E-state index in [1.54, 1.807) is 0 Å². The lowest BCUT2D eigenvalue weighted by atomic mass is 10.1. The van der Waals surface area contributed by atoms with Gasteiger partial charge in [-0.2, -0.15) is 0 Å². The molecule has 4 atom stereocenters. The van der Waals surface area contributed by atoms with Crippen LogP contribution in [-0.2, 0) is 24.0 Å². The van der Waals surface area contributed by atoms with Crippen LogP contribution in [0.4, 0.5) is 0 Å². The third-order valence-electron chi connectivity index (χ3n) is 3.83. The van der Waals surface area contributed by atoms with Gasteiger partial charge in [-0.05, 0) is 19.8 Å². The number of carbonyl (C=O) groups excluding carboxylic acids is 4. The standard InChI is InChI=1S/C16H30N8O7/c1-7(17)12(27)23-9(5-11(18)26)13(28)24-10(6-25)14(29)22-8(15(30)31)3-2-4-21-16(19)20/h7-10,25H,2-6,17H2,1H3,(H2,18,26)(H,22,29)(H,23,27)(H,24,28)(H,30,31)(H4,19,20,21). The van der Waals surface area contributed by atoms with Crippen molar-refractivity contribution >= 4 is 35.6 Å². The number of aliphatic hydroxyl groups excluding tert-OH is 1. The number of hydrogen-bond acceptors (Lipinski definition) is 8. The number of carboxylic acids is 1. The largest absolute Gasteiger partial charge is 0.480 e. The number of carboxylic acid groups (broad SMARTS) is 1. The fraction of sp³-hybridized carbons (Fsp3) is 0.625. The molecule has 0 aliphatic heterocycles. The normalized spacial score (nSPS) is 14.3. The van der Waals surface area contributed by atoms with E-state index >= 15 is 0 Å². The number of nitrogens with two attached hydrogens (primary N) is 4. The maximum atomic E-state index is 12.4. The monoisotopic (exact) mass is 446 g/mol. The third kappa shape index (κ3) is 11.3. The first-order valence-electron chi connectivity index (χ1n) is 9.23. The number of nitrogens with zero attached hydrogens (tertiary/aromatic N) is 1. The van der Waals surface area contributed by atoms with Gasteiger partial charge in [0.2, 0.25) is 23.6 Å². The molecule has 31 heavy (non-hydrogen) atoms. The van der Waals surface area contributed by atoms with Crippen molar-refractivity contribution in [2.75, 3.05) is 13.2 Å². The minimum absolute atomic E-state index is 0.0291. The molecule has 4 amide bonds.